The van der Waals surface area contributed by atoms with Gasteiger partial charge in [-0.1, -0.05) is 42.5 Å². The maximum Gasteiger partial charge on any atom is 0.251 e. The van der Waals surface area contributed by atoms with Crippen LogP contribution in [-0.4, -0.2) is 5.91 Å². The van der Waals surface area contributed by atoms with Gasteiger partial charge in [-0.2, -0.15) is 0 Å². The molecule has 1 amide bonds. The predicted octanol–water partition coefficient (Wildman–Crippen LogP) is 3.88. The zero-order valence-electron chi connectivity index (χ0n) is 11.5. The molecule has 0 fully saturated rings. The zero-order valence-corrected chi connectivity index (χ0v) is 11.5. The molecule has 3 heteroatoms. The molecule has 1 heterocycles. The number of amides is 1. The van der Waals surface area contributed by atoms with Crippen molar-refractivity contribution in [2.24, 2.45) is 0 Å². The molecule has 21 heavy (non-hydrogen) atoms. The number of rotatable bonds is 4. The van der Waals surface area contributed by atoms with E-state index in [4.69, 9.17) is 4.42 Å². The van der Waals surface area contributed by atoms with Crippen LogP contribution in [0.2, 0.25) is 0 Å². The molecule has 0 aliphatic heterocycles. The molecule has 0 unspecified atom stereocenters. The van der Waals surface area contributed by atoms with E-state index in [0.29, 0.717) is 12.1 Å². The van der Waals surface area contributed by atoms with Gasteiger partial charge in [0.25, 0.3) is 5.91 Å². The first kappa shape index (κ1) is 13.2. The average Bonchev–Trinajstić information content (AvgIpc) is 3.08. The first-order valence-electron chi connectivity index (χ1n) is 6.79. The molecular weight excluding hydrogens is 262 g/mol. The van der Waals surface area contributed by atoms with Gasteiger partial charge in [-0.15, -0.1) is 0 Å². The fourth-order valence-corrected chi connectivity index (χ4v) is 2.11. The maximum absolute atomic E-state index is 12.1. The molecule has 1 N–H and O–H groups in total. The van der Waals surface area contributed by atoms with Crippen molar-refractivity contribution in [1.29, 1.82) is 0 Å². The van der Waals surface area contributed by atoms with Gasteiger partial charge in [0.1, 0.15) is 5.76 Å². The van der Waals surface area contributed by atoms with Crippen molar-refractivity contribution in [1.82, 2.24) is 5.32 Å². The molecule has 104 valence electrons. The van der Waals surface area contributed by atoms with E-state index in [1.54, 1.807) is 18.4 Å². The lowest BCUT2D eigenvalue weighted by molar-refractivity contribution is 0.0951. The summed E-state index contributed by atoms with van der Waals surface area (Å²) in [6.45, 7) is 0.527. The summed E-state index contributed by atoms with van der Waals surface area (Å²) in [6.07, 6.45) is 1.63. The van der Waals surface area contributed by atoms with Crippen LogP contribution in [0.3, 0.4) is 0 Å². The molecule has 1 aromatic heterocycles. The van der Waals surface area contributed by atoms with Crippen molar-refractivity contribution in [3.05, 3.63) is 84.1 Å². The summed E-state index contributed by atoms with van der Waals surface area (Å²) in [5, 5.41) is 2.91. The number of carbonyl (C=O) groups is 1. The molecule has 3 nitrogen and oxygen atoms in total. The second kappa shape index (κ2) is 6.09. The number of benzene rings is 2. The van der Waals surface area contributed by atoms with Crippen LogP contribution in [0, 0.1) is 0 Å². The molecule has 3 rings (SSSR count). The van der Waals surface area contributed by atoms with Gasteiger partial charge in [0, 0.05) is 17.7 Å². The van der Waals surface area contributed by atoms with Crippen LogP contribution in [0.1, 0.15) is 15.9 Å². The van der Waals surface area contributed by atoms with Crippen molar-refractivity contribution in [3.8, 4) is 11.3 Å². The first-order chi connectivity index (χ1) is 10.3. The van der Waals surface area contributed by atoms with Crippen LogP contribution in [-0.2, 0) is 6.54 Å². The number of furan rings is 1. The van der Waals surface area contributed by atoms with E-state index in [0.717, 1.165) is 16.9 Å². The van der Waals surface area contributed by atoms with Gasteiger partial charge in [0.05, 0.1) is 6.26 Å². The largest absolute Gasteiger partial charge is 0.464 e. The molecule has 0 radical (unpaired) electrons. The summed E-state index contributed by atoms with van der Waals surface area (Å²) < 4.78 is 5.32. The van der Waals surface area contributed by atoms with Crippen molar-refractivity contribution in [2.75, 3.05) is 0 Å². The Morgan fingerprint density at radius 1 is 0.905 bits per heavy atom. The molecule has 0 saturated heterocycles. The second-order valence-electron chi connectivity index (χ2n) is 4.72. The summed E-state index contributed by atoms with van der Waals surface area (Å²) in [4.78, 5) is 12.1. The Kier molecular flexibility index (Phi) is 3.83. The summed E-state index contributed by atoms with van der Waals surface area (Å²) in [5.41, 5.74) is 2.68. The maximum atomic E-state index is 12.1. The highest BCUT2D eigenvalue weighted by Gasteiger charge is 2.06. The zero-order chi connectivity index (χ0) is 14.5. The Morgan fingerprint density at radius 3 is 2.33 bits per heavy atom. The monoisotopic (exact) mass is 277 g/mol. The highest BCUT2D eigenvalue weighted by Crippen LogP contribution is 2.19. The lowest BCUT2D eigenvalue weighted by Gasteiger charge is -2.06. The van der Waals surface area contributed by atoms with E-state index in [1.165, 1.54) is 0 Å². The molecule has 3 aromatic rings. The standard InChI is InChI=1S/C18H15NO2/c20-18(19-13-14-5-2-1-3-6-14)16-10-8-15(9-11-16)17-7-4-12-21-17/h1-12H,13H2,(H,19,20). The molecule has 0 atom stereocenters. The molecule has 2 aromatic carbocycles. The highest BCUT2D eigenvalue weighted by atomic mass is 16.3. The number of hydrogen-bond acceptors (Lipinski definition) is 2. The number of carbonyl (C=O) groups excluding carboxylic acids is 1. The van der Waals surface area contributed by atoms with E-state index in [1.807, 2.05) is 54.6 Å². The second-order valence-corrected chi connectivity index (χ2v) is 4.72. The lowest BCUT2D eigenvalue weighted by atomic mass is 10.1. The third-order valence-corrected chi connectivity index (χ3v) is 3.25. The Hall–Kier alpha value is -2.81. The summed E-state index contributed by atoms with van der Waals surface area (Å²) in [7, 11) is 0. The Bertz CT molecular complexity index is 701. The molecule has 0 aliphatic carbocycles. The van der Waals surface area contributed by atoms with Crippen LogP contribution in [0.25, 0.3) is 11.3 Å². The summed E-state index contributed by atoms with van der Waals surface area (Å²) in [6, 6.07) is 21.0. The van der Waals surface area contributed by atoms with Gasteiger partial charge in [0.15, 0.2) is 0 Å². The van der Waals surface area contributed by atoms with Gasteiger partial charge >= 0.3 is 0 Å². The van der Waals surface area contributed by atoms with E-state index in [-0.39, 0.29) is 5.91 Å². The quantitative estimate of drug-likeness (QED) is 0.786. The molecule has 0 saturated carbocycles. The summed E-state index contributed by atoms with van der Waals surface area (Å²) in [5.74, 6) is 0.719. The fraction of sp³-hybridized carbons (Fsp3) is 0.0556. The summed E-state index contributed by atoms with van der Waals surface area (Å²) >= 11 is 0. The molecular formula is C18H15NO2. The third kappa shape index (κ3) is 3.20. The van der Waals surface area contributed by atoms with Gasteiger partial charge in [-0.25, -0.2) is 0 Å². The number of hydrogen-bond donors (Lipinski definition) is 1. The van der Waals surface area contributed by atoms with Crippen molar-refractivity contribution >= 4 is 5.91 Å². The smallest absolute Gasteiger partial charge is 0.251 e. The van der Waals surface area contributed by atoms with Gasteiger partial charge in [-0.05, 0) is 29.8 Å². The minimum atomic E-state index is -0.0788. The van der Waals surface area contributed by atoms with Crippen molar-refractivity contribution < 1.29 is 9.21 Å². The fourth-order valence-electron chi connectivity index (χ4n) is 2.11. The highest BCUT2D eigenvalue weighted by molar-refractivity contribution is 5.94. The molecule has 0 bridgehead atoms. The third-order valence-electron chi connectivity index (χ3n) is 3.25. The van der Waals surface area contributed by atoms with Gasteiger partial charge in [0.2, 0.25) is 0 Å². The van der Waals surface area contributed by atoms with E-state index in [2.05, 4.69) is 5.32 Å². The molecule has 0 aliphatic rings. The van der Waals surface area contributed by atoms with Crippen LogP contribution >= 0.6 is 0 Å². The van der Waals surface area contributed by atoms with Crippen LogP contribution in [0.4, 0.5) is 0 Å². The van der Waals surface area contributed by atoms with Gasteiger partial charge in [-0.3, -0.25) is 4.79 Å². The van der Waals surface area contributed by atoms with Crippen LogP contribution in [0.15, 0.2) is 77.4 Å². The predicted molar refractivity (Wildman–Crippen MR) is 81.8 cm³/mol. The first-order valence-corrected chi connectivity index (χ1v) is 6.79. The minimum absolute atomic E-state index is 0.0788. The number of nitrogens with one attached hydrogen (secondary N) is 1. The van der Waals surface area contributed by atoms with Crippen molar-refractivity contribution in [2.45, 2.75) is 6.54 Å². The Morgan fingerprint density at radius 2 is 1.67 bits per heavy atom. The SMILES string of the molecule is O=C(NCc1ccccc1)c1ccc(-c2ccco2)cc1. The van der Waals surface area contributed by atoms with E-state index < -0.39 is 0 Å². The van der Waals surface area contributed by atoms with Crippen LogP contribution < -0.4 is 5.32 Å². The lowest BCUT2D eigenvalue weighted by Crippen LogP contribution is -2.22. The van der Waals surface area contributed by atoms with Crippen LogP contribution in [0.5, 0.6) is 0 Å². The van der Waals surface area contributed by atoms with Crippen molar-refractivity contribution in [3.63, 3.8) is 0 Å². The molecule has 0 spiro atoms. The normalized spacial score (nSPS) is 10.3. The average molecular weight is 277 g/mol. The Balaban J connectivity index is 1.65. The van der Waals surface area contributed by atoms with Gasteiger partial charge < -0.3 is 9.73 Å². The topological polar surface area (TPSA) is 42.2 Å². The Labute approximate surface area is 123 Å². The van der Waals surface area contributed by atoms with E-state index >= 15 is 0 Å². The van der Waals surface area contributed by atoms with E-state index in [9.17, 15) is 4.79 Å². The minimum Gasteiger partial charge on any atom is -0.464 e.